The smallest absolute Gasteiger partial charge is 0.218 e. The fourth-order valence-corrected chi connectivity index (χ4v) is 5.26. The third-order valence-corrected chi connectivity index (χ3v) is 7.11. The Labute approximate surface area is 164 Å². The molecule has 2 aliphatic heterocycles. The Balaban J connectivity index is 1.39. The van der Waals surface area contributed by atoms with Crippen LogP contribution in [0.2, 0.25) is 0 Å². The van der Waals surface area contributed by atoms with Gasteiger partial charge in [-0.15, -0.1) is 0 Å². The minimum Gasteiger partial charge on any atom is -0.356 e. The predicted octanol–water partition coefficient (Wildman–Crippen LogP) is 1.87. The summed E-state index contributed by atoms with van der Waals surface area (Å²) >= 11 is 0. The summed E-state index contributed by atoms with van der Waals surface area (Å²) in [6.07, 6.45) is 3.94. The SMILES string of the molecule is O=S(=O)(Cc1cccc(F)c1)N1CCN(c2cc(N3CCCC3)ncn2)CC1. The van der Waals surface area contributed by atoms with Crippen molar-refractivity contribution in [2.75, 3.05) is 49.1 Å². The van der Waals surface area contributed by atoms with Crippen LogP contribution in [0, 0.1) is 5.82 Å². The van der Waals surface area contributed by atoms with E-state index in [4.69, 9.17) is 0 Å². The first-order valence-electron chi connectivity index (χ1n) is 9.55. The number of hydrogen-bond donors (Lipinski definition) is 0. The first-order chi connectivity index (χ1) is 13.5. The number of rotatable bonds is 5. The molecule has 2 saturated heterocycles. The van der Waals surface area contributed by atoms with Crippen LogP contribution in [0.5, 0.6) is 0 Å². The number of halogens is 1. The van der Waals surface area contributed by atoms with Crippen LogP contribution in [-0.2, 0) is 15.8 Å². The molecule has 3 heterocycles. The summed E-state index contributed by atoms with van der Waals surface area (Å²) in [6.45, 7) is 3.95. The zero-order valence-corrected chi connectivity index (χ0v) is 16.5. The van der Waals surface area contributed by atoms with Gasteiger partial charge in [0.1, 0.15) is 23.8 Å². The van der Waals surface area contributed by atoms with Gasteiger partial charge in [0, 0.05) is 45.3 Å². The van der Waals surface area contributed by atoms with Crippen molar-refractivity contribution in [2.45, 2.75) is 18.6 Å². The van der Waals surface area contributed by atoms with Crippen molar-refractivity contribution >= 4 is 21.7 Å². The molecule has 4 rings (SSSR count). The molecular weight excluding hydrogens is 381 g/mol. The maximum Gasteiger partial charge on any atom is 0.218 e. The van der Waals surface area contributed by atoms with E-state index in [0.717, 1.165) is 24.7 Å². The first-order valence-corrected chi connectivity index (χ1v) is 11.2. The van der Waals surface area contributed by atoms with Crippen LogP contribution in [0.1, 0.15) is 18.4 Å². The average molecular weight is 405 g/mol. The minimum atomic E-state index is -3.48. The second-order valence-electron chi connectivity index (χ2n) is 7.20. The molecule has 0 amide bonds. The van der Waals surface area contributed by atoms with Crippen LogP contribution < -0.4 is 9.80 Å². The lowest BCUT2D eigenvalue weighted by Gasteiger charge is -2.35. The maximum atomic E-state index is 13.3. The topological polar surface area (TPSA) is 69.6 Å². The van der Waals surface area contributed by atoms with Crippen LogP contribution in [0.15, 0.2) is 36.7 Å². The van der Waals surface area contributed by atoms with E-state index < -0.39 is 15.8 Å². The van der Waals surface area contributed by atoms with Gasteiger partial charge in [-0.05, 0) is 30.5 Å². The monoisotopic (exact) mass is 405 g/mol. The second kappa shape index (κ2) is 8.00. The third kappa shape index (κ3) is 4.25. The van der Waals surface area contributed by atoms with Crippen molar-refractivity contribution in [1.82, 2.24) is 14.3 Å². The van der Waals surface area contributed by atoms with Gasteiger partial charge < -0.3 is 9.80 Å². The van der Waals surface area contributed by atoms with Crippen molar-refractivity contribution in [3.8, 4) is 0 Å². The summed E-state index contributed by atoms with van der Waals surface area (Å²) in [6, 6.07) is 7.74. The molecule has 0 N–H and O–H groups in total. The molecule has 0 unspecified atom stereocenters. The average Bonchev–Trinajstić information content (AvgIpc) is 3.23. The number of sulfonamides is 1. The Morgan fingerprint density at radius 2 is 1.54 bits per heavy atom. The summed E-state index contributed by atoms with van der Waals surface area (Å²) < 4.78 is 40.2. The predicted molar refractivity (Wildman–Crippen MR) is 106 cm³/mol. The maximum absolute atomic E-state index is 13.3. The van der Waals surface area contributed by atoms with Gasteiger partial charge in [-0.25, -0.2) is 22.8 Å². The van der Waals surface area contributed by atoms with Gasteiger partial charge in [-0.1, -0.05) is 12.1 Å². The Morgan fingerprint density at radius 1 is 0.893 bits per heavy atom. The lowest BCUT2D eigenvalue weighted by molar-refractivity contribution is 0.383. The largest absolute Gasteiger partial charge is 0.356 e. The van der Waals surface area contributed by atoms with Crippen LogP contribution >= 0.6 is 0 Å². The molecule has 1 aromatic carbocycles. The molecule has 28 heavy (non-hydrogen) atoms. The lowest BCUT2D eigenvalue weighted by Crippen LogP contribution is -2.49. The van der Waals surface area contributed by atoms with Crippen molar-refractivity contribution in [2.24, 2.45) is 0 Å². The zero-order valence-electron chi connectivity index (χ0n) is 15.7. The summed E-state index contributed by atoms with van der Waals surface area (Å²) in [5.41, 5.74) is 0.466. The molecule has 0 spiro atoms. The molecule has 150 valence electrons. The van der Waals surface area contributed by atoms with E-state index in [1.807, 2.05) is 6.07 Å². The van der Waals surface area contributed by atoms with E-state index in [2.05, 4.69) is 19.8 Å². The van der Waals surface area contributed by atoms with Gasteiger partial charge >= 0.3 is 0 Å². The van der Waals surface area contributed by atoms with E-state index in [-0.39, 0.29) is 5.75 Å². The number of anilines is 2. The molecule has 0 aliphatic carbocycles. The molecule has 0 saturated carbocycles. The minimum absolute atomic E-state index is 0.183. The van der Waals surface area contributed by atoms with E-state index >= 15 is 0 Å². The molecule has 2 aliphatic rings. The van der Waals surface area contributed by atoms with E-state index in [0.29, 0.717) is 31.7 Å². The highest BCUT2D eigenvalue weighted by Crippen LogP contribution is 2.23. The molecule has 2 aromatic rings. The summed E-state index contributed by atoms with van der Waals surface area (Å²) in [4.78, 5) is 13.1. The fraction of sp³-hybridized carbons (Fsp3) is 0.474. The van der Waals surface area contributed by atoms with Crippen LogP contribution in [0.3, 0.4) is 0 Å². The van der Waals surface area contributed by atoms with Crippen LogP contribution in [0.4, 0.5) is 16.0 Å². The molecule has 2 fully saturated rings. The highest BCUT2D eigenvalue weighted by molar-refractivity contribution is 7.88. The van der Waals surface area contributed by atoms with Gasteiger partial charge in [-0.2, -0.15) is 4.31 Å². The summed E-state index contributed by atoms with van der Waals surface area (Å²) in [7, 11) is -3.48. The molecule has 9 heteroatoms. The fourth-order valence-electron chi connectivity index (χ4n) is 3.75. The molecule has 0 radical (unpaired) electrons. The van der Waals surface area contributed by atoms with E-state index in [1.54, 1.807) is 12.4 Å². The second-order valence-corrected chi connectivity index (χ2v) is 9.17. The van der Waals surface area contributed by atoms with Gasteiger partial charge in [0.25, 0.3) is 0 Å². The standard InChI is InChI=1S/C19H24FN5O2S/c20-17-5-3-4-16(12-17)14-28(26,27)25-10-8-24(9-11-25)19-13-18(21-15-22-19)23-6-1-2-7-23/h3-5,12-13,15H,1-2,6-11,14H2. The Morgan fingerprint density at radius 3 is 2.18 bits per heavy atom. The van der Waals surface area contributed by atoms with Crippen molar-refractivity contribution in [3.05, 3.63) is 48.0 Å². The van der Waals surface area contributed by atoms with Crippen LogP contribution in [0.25, 0.3) is 0 Å². The van der Waals surface area contributed by atoms with Gasteiger partial charge in [0.05, 0.1) is 5.75 Å². The van der Waals surface area contributed by atoms with E-state index in [9.17, 15) is 12.8 Å². The number of benzene rings is 1. The Hall–Kier alpha value is -2.26. The zero-order chi connectivity index (χ0) is 19.6. The first kappa shape index (κ1) is 19.1. The van der Waals surface area contributed by atoms with Gasteiger partial charge in [0.2, 0.25) is 10.0 Å². The Kier molecular flexibility index (Phi) is 5.45. The van der Waals surface area contributed by atoms with E-state index in [1.165, 1.54) is 35.3 Å². The van der Waals surface area contributed by atoms with Crippen molar-refractivity contribution in [1.29, 1.82) is 0 Å². The van der Waals surface area contributed by atoms with Gasteiger partial charge in [-0.3, -0.25) is 0 Å². The highest BCUT2D eigenvalue weighted by atomic mass is 32.2. The summed E-state index contributed by atoms with van der Waals surface area (Å²) in [5, 5.41) is 0. The van der Waals surface area contributed by atoms with Crippen molar-refractivity contribution in [3.63, 3.8) is 0 Å². The molecular formula is C19H24FN5O2S. The van der Waals surface area contributed by atoms with Gasteiger partial charge in [0.15, 0.2) is 0 Å². The number of aromatic nitrogens is 2. The molecule has 1 aromatic heterocycles. The normalized spacial score (nSPS) is 18.6. The van der Waals surface area contributed by atoms with Crippen LogP contribution in [-0.4, -0.2) is 62.0 Å². The van der Waals surface area contributed by atoms with Crippen molar-refractivity contribution < 1.29 is 12.8 Å². The lowest BCUT2D eigenvalue weighted by atomic mass is 10.2. The number of piperazine rings is 1. The molecule has 7 nitrogen and oxygen atoms in total. The quantitative estimate of drug-likeness (QED) is 0.756. The number of hydrogen-bond acceptors (Lipinski definition) is 6. The highest BCUT2D eigenvalue weighted by Gasteiger charge is 2.28. The molecule has 0 atom stereocenters. The Bertz CT molecular complexity index is 925. The molecule has 0 bridgehead atoms. The summed E-state index contributed by atoms with van der Waals surface area (Å²) in [5.74, 6) is 1.16. The number of nitrogens with zero attached hydrogens (tertiary/aromatic N) is 5. The third-order valence-electron chi connectivity index (χ3n) is 5.26.